The Morgan fingerprint density at radius 2 is 1.95 bits per heavy atom. The van der Waals surface area contributed by atoms with Crippen molar-refractivity contribution in [1.82, 2.24) is 0 Å². The van der Waals surface area contributed by atoms with Crippen LogP contribution in [-0.4, -0.2) is 17.6 Å². The van der Waals surface area contributed by atoms with Crippen LogP contribution >= 0.6 is 0 Å². The van der Waals surface area contributed by atoms with Gasteiger partial charge in [0.05, 0.1) is 11.3 Å². The van der Waals surface area contributed by atoms with Gasteiger partial charge in [-0.15, -0.1) is 0 Å². The largest absolute Gasteiger partial charge is 0.478 e. The van der Waals surface area contributed by atoms with E-state index in [0.29, 0.717) is 13.0 Å². The summed E-state index contributed by atoms with van der Waals surface area (Å²) >= 11 is 0. The normalized spacial score (nSPS) is 10.4. The predicted molar refractivity (Wildman–Crippen MR) is 76.7 cm³/mol. The molecule has 0 saturated carbocycles. The van der Waals surface area contributed by atoms with Crippen LogP contribution in [-0.2, 0) is 6.42 Å². The summed E-state index contributed by atoms with van der Waals surface area (Å²) in [6.45, 7) is 2.41. The Bertz CT molecular complexity index is 671. The molecule has 0 unspecified atom stereocenters. The Hall–Kier alpha value is -2.43. The van der Waals surface area contributed by atoms with Crippen LogP contribution in [0, 0.1) is 18.6 Å². The van der Waals surface area contributed by atoms with E-state index in [1.54, 1.807) is 0 Å². The molecule has 21 heavy (non-hydrogen) atoms. The zero-order valence-corrected chi connectivity index (χ0v) is 11.5. The zero-order chi connectivity index (χ0) is 15.4. The molecule has 0 atom stereocenters. The summed E-state index contributed by atoms with van der Waals surface area (Å²) in [4.78, 5) is 10.7. The van der Waals surface area contributed by atoms with E-state index in [0.717, 1.165) is 17.2 Å². The van der Waals surface area contributed by atoms with Crippen molar-refractivity contribution in [3.05, 3.63) is 64.7 Å². The quantitative estimate of drug-likeness (QED) is 0.884. The fourth-order valence-electron chi connectivity index (χ4n) is 2.06. The maximum absolute atomic E-state index is 13.7. The number of carboxylic acid groups (broad SMARTS) is 1. The first kappa shape index (κ1) is 15.0. The van der Waals surface area contributed by atoms with Crippen LogP contribution in [0.5, 0.6) is 0 Å². The molecule has 2 rings (SSSR count). The van der Waals surface area contributed by atoms with Crippen molar-refractivity contribution < 1.29 is 18.7 Å². The highest BCUT2D eigenvalue weighted by atomic mass is 19.2. The first-order chi connectivity index (χ1) is 9.99. The SMILES string of the molecule is Cc1cccc(CCNc2ccc(C(=O)O)c(F)c2F)c1. The number of halogens is 2. The van der Waals surface area contributed by atoms with Crippen molar-refractivity contribution in [1.29, 1.82) is 0 Å². The van der Waals surface area contributed by atoms with Crippen LogP contribution in [0.4, 0.5) is 14.5 Å². The van der Waals surface area contributed by atoms with Crippen molar-refractivity contribution in [3.63, 3.8) is 0 Å². The number of anilines is 1. The van der Waals surface area contributed by atoms with E-state index in [1.165, 1.54) is 6.07 Å². The minimum atomic E-state index is -1.49. The van der Waals surface area contributed by atoms with Crippen LogP contribution < -0.4 is 5.32 Å². The fourth-order valence-corrected chi connectivity index (χ4v) is 2.06. The van der Waals surface area contributed by atoms with E-state index in [4.69, 9.17) is 5.11 Å². The molecule has 0 fully saturated rings. The maximum Gasteiger partial charge on any atom is 0.338 e. The van der Waals surface area contributed by atoms with Crippen molar-refractivity contribution in [3.8, 4) is 0 Å². The van der Waals surface area contributed by atoms with E-state index >= 15 is 0 Å². The molecule has 3 nitrogen and oxygen atoms in total. The number of hydrogen-bond donors (Lipinski definition) is 2. The molecule has 110 valence electrons. The third kappa shape index (κ3) is 3.56. The Morgan fingerprint density at radius 1 is 1.19 bits per heavy atom. The molecule has 0 aliphatic carbocycles. The van der Waals surface area contributed by atoms with E-state index in [1.807, 2.05) is 31.2 Å². The molecule has 0 aliphatic rings. The second-order valence-corrected chi connectivity index (χ2v) is 4.76. The molecule has 0 spiro atoms. The number of aryl methyl sites for hydroxylation is 1. The van der Waals surface area contributed by atoms with Gasteiger partial charge in [0.1, 0.15) is 0 Å². The summed E-state index contributed by atoms with van der Waals surface area (Å²) in [6, 6.07) is 10.2. The molecule has 2 N–H and O–H groups in total. The Morgan fingerprint density at radius 3 is 2.62 bits per heavy atom. The molecule has 0 bridgehead atoms. The number of hydrogen-bond acceptors (Lipinski definition) is 2. The van der Waals surface area contributed by atoms with Gasteiger partial charge in [0.2, 0.25) is 0 Å². The first-order valence-corrected chi connectivity index (χ1v) is 6.49. The third-order valence-corrected chi connectivity index (χ3v) is 3.12. The predicted octanol–water partition coefficient (Wildman–Crippen LogP) is 3.63. The molecular weight excluding hydrogens is 276 g/mol. The maximum atomic E-state index is 13.7. The smallest absolute Gasteiger partial charge is 0.338 e. The van der Waals surface area contributed by atoms with Gasteiger partial charge in [-0.3, -0.25) is 0 Å². The van der Waals surface area contributed by atoms with Crippen molar-refractivity contribution >= 4 is 11.7 Å². The van der Waals surface area contributed by atoms with Gasteiger partial charge in [-0.1, -0.05) is 29.8 Å². The van der Waals surface area contributed by atoms with E-state index < -0.39 is 23.2 Å². The first-order valence-electron chi connectivity index (χ1n) is 6.49. The number of nitrogens with one attached hydrogen (secondary N) is 1. The van der Waals surface area contributed by atoms with Gasteiger partial charge >= 0.3 is 5.97 Å². The van der Waals surface area contributed by atoms with Gasteiger partial charge < -0.3 is 10.4 Å². The lowest BCUT2D eigenvalue weighted by atomic mass is 10.1. The molecule has 0 radical (unpaired) electrons. The molecule has 0 saturated heterocycles. The molecular formula is C16H15F2NO2. The molecule has 0 aromatic heterocycles. The van der Waals surface area contributed by atoms with Crippen molar-refractivity contribution in [2.45, 2.75) is 13.3 Å². The lowest BCUT2D eigenvalue weighted by Crippen LogP contribution is -2.10. The topological polar surface area (TPSA) is 49.3 Å². The van der Waals surface area contributed by atoms with E-state index in [-0.39, 0.29) is 5.69 Å². The van der Waals surface area contributed by atoms with Crippen LogP contribution in [0.3, 0.4) is 0 Å². The van der Waals surface area contributed by atoms with E-state index in [9.17, 15) is 13.6 Å². The van der Waals surface area contributed by atoms with Gasteiger partial charge in [0.15, 0.2) is 11.6 Å². The average Bonchev–Trinajstić information content (AvgIpc) is 2.43. The van der Waals surface area contributed by atoms with Gasteiger partial charge in [0.25, 0.3) is 0 Å². The van der Waals surface area contributed by atoms with Gasteiger partial charge in [-0.2, -0.15) is 0 Å². The standard InChI is InChI=1S/C16H15F2NO2/c1-10-3-2-4-11(9-10)7-8-19-13-6-5-12(16(20)21)14(17)15(13)18/h2-6,9,19H,7-8H2,1H3,(H,20,21). The number of benzene rings is 2. The number of carbonyl (C=O) groups is 1. The van der Waals surface area contributed by atoms with Crippen molar-refractivity contribution in [2.24, 2.45) is 0 Å². The average molecular weight is 291 g/mol. The molecule has 2 aromatic rings. The lowest BCUT2D eigenvalue weighted by molar-refractivity contribution is 0.0690. The minimum Gasteiger partial charge on any atom is -0.478 e. The monoisotopic (exact) mass is 291 g/mol. The second kappa shape index (κ2) is 6.35. The van der Waals surface area contributed by atoms with Gasteiger partial charge in [-0.05, 0) is 31.0 Å². The summed E-state index contributed by atoms with van der Waals surface area (Å²) < 4.78 is 27.2. The molecule has 0 amide bonds. The Kier molecular flexibility index (Phi) is 4.52. The minimum absolute atomic E-state index is 0.0369. The summed E-state index contributed by atoms with van der Waals surface area (Å²) in [5.41, 5.74) is 1.52. The molecule has 0 aliphatic heterocycles. The van der Waals surface area contributed by atoms with E-state index in [2.05, 4.69) is 5.32 Å². The Labute approximate surface area is 121 Å². The molecule has 5 heteroatoms. The molecule has 0 heterocycles. The summed E-state index contributed by atoms with van der Waals surface area (Å²) in [5, 5.41) is 11.5. The highest BCUT2D eigenvalue weighted by Gasteiger charge is 2.17. The highest BCUT2D eigenvalue weighted by molar-refractivity contribution is 5.88. The zero-order valence-electron chi connectivity index (χ0n) is 11.5. The van der Waals surface area contributed by atoms with Crippen LogP contribution in [0.25, 0.3) is 0 Å². The number of carboxylic acids is 1. The van der Waals surface area contributed by atoms with Gasteiger partial charge in [-0.25, -0.2) is 13.6 Å². The summed E-state index contributed by atoms with van der Waals surface area (Å²) in [6.07, 6.45) is 0.656. The third-order valence-electron chi connectivity index (χ3n) is 3.12. The van der Waals surface area contributed by atoms with Gasteiger partial charge in [0, 0.05) is 6.54 Å². The summed E-state index contributed by atoms with van der Waals surface area (Å²) in [5.74, 6) is -4.00. The Balaban J connectivity index is 2.04. The van der Waals surface area contributed by atoms with Crippen LogP contribution in [0.15, 0.2) is 36.4 Å². The summed E-state index contributed by atoms with van der Waals surface area (Å²) in [7, 11) is 0. The van der Waals surface area contributed by atoms with Crippen molar-refractivity contribution in [2.75, 3.05) is 11.9 Å². The fraction of sp³-hybridized carbons (Fsp3) is 0.188. The van der Waals surface area contributed by atoms with Crippen LogP contribution in [0.2, 0.25) is 0 Å². The van der Waals surface area contributed by atoms with Crippen LogP contribution in [0.1, 0.15) is 21.5 Å². The lowest BCUT2D eigenvalue weighted by Gasteiger charge is -2.09. The second-order valence-electron chi connectivity index (χ2n) is 4.76. The number of aromatic carboxylic acids is 1. The number of rotatable bonds is 5. The highest BCUT2D eigenvalue weighted by Crippen LogP contribution is 2.20. The molecule has 2 aromatic carbocycles.